The van der Waals surface area contributed by atoms with Crippen LogP contribution in [0.4, 0.5) is 0 Å². The van der Waals surface area contributed by atoms with E-state index < -0.39 is 0 Å². The molecule has 10 aromatic carbocycles. The van der Waals surface area contributed by atoms with Crippen LogP contribution in [0.5, 0.6) is 0 Å². The lowest BCUT2D eigenvalue weighted by atomic mass is 10.00. The molecule has 17 rings (SSSR count). The first-order valence-electron chi connectivity index (χ1n) is 28.6. The van der Waals surface area contributed by atoms with E-state index in [1.807, 2.05) is 0 Å². The molecule has 0 N–H and O–H groups in total. The van der Waals surface area contributed by atoms with Crippen LogP contribution in [-0.4, -0.2) is 28.2 Å². The van der Waals surface area contributed by atoms with Crippen molar-refractivity contribution in [3.63, 3.8) is 0 Å². The number of hydrogen-bond donors (Lipinski definition) is 0. The molecule has 5 aromatic heterocycles. The summed E-state index contributed by atoms with van der Waals surface area (Å²) in [4.78, 5) is 10.7. The van der Waals surface area contributed by atoms with Gasteiger partial charge >= 0.3 is 0 Å². The van der Waals surface area contributed by atoms with Gasteiger partial charge in [0.15, 0.2) is 5.82 Å². The number of nitrogens with zero attached hydrogens (tertiary/aromatic N) is 6. The van der Waals surface area contributed by atoms with Crippen molar-refractivity contribution in [2.45, 2.75) is 25.7 Å². The SMILES string of the molecule is C1=CCCC(c2cc(-c3ccccc3)nc(-c3cccc(-n4c5ccc(-c6ccc7c(c6)c6ccc8c9ccccc9n(-c9ccccc9)c8c6n7C6=CC=CCC6)cc5c5ccc6c7ccccc7n(-c7ccccc7)c6c54)c3)n2)=C1. The Bertz CT molecular complexity index is 5250. The van der Waals surface area contributed by atoms with Crippen LogP contribution in [0, 0.1) is 0 Å². The van der Waals surface area contributed by atoms with Crippen molar-refractivity contribution in [1.82, 2.24) is 28.2 Å². The van der Waals surface area contributed by atoms with E-state index in [4.69, 9.17) is 9.97 Å². The molecule has 0 aliphatic heterocycles. The van der Waals surface area contributed by atoms with Gasteiger partial charge in [0.2, 0.25) is 0 Å². The van der Waals surface area contributed by atoms with Crippen LogP contribution < -0.4 is 0 Å². The number of rotatable bonds is 8. The zero-order valence-electron chi connectivity index (χ0n) is 44.9. The average Bonchev–Trinajstić information content (AvgIpc) is 2.62. The fraction of sp³-hybridized carbons (Fsp3) is 0.0526. The van der Waals surface area contributed by atoms with Crippen molar-refractivity contribution in [2.24, 2.45) is 0 Å². The van der Waals surface area contributed by atoms with Crippen LogP contribution in [0.15, 0.2) is 267 Å². The van der Waals surface area contributed by atoms with Crippen LogP contribution in [0.2, 0.25) is 0 Å². The molecule has 2 aliphatic rings. The highest BCUT2D eigenvalue weighted by molar-refractivity contribution is 6.26. The Hall–Kier alpha value is -10.6. The number of aromatic nitrogens is 6. The molecule has 6 heteroatoms. The minimum absolute atomic E-state index is 0.704. The molecule has 0 saturated heterocycles. The molecule has 0 saturated carbocycles. The van der Waals surface area contributed by atoms with Gasteiger partial charge < -0.3 is 18.3 Å². The van der Waals surface area contributed by atoms with E-state index in [9.17, 15) is 0 Å². The molecule has 386 valence electrons. The van der Waals surface area contributed by atoms with Gasteiger partial charge in [-0.15, -0.1) is 0 Å². The Labute approximate surface area is 473 Å². The molecule has 2 aliphatic carbocycles. The molecule has 0 fully saturated rings. The maximum atomic E-state index is 5.35. The van der Waals surface area contributed by atoms with Gasteiger partial charge in [0, 0.05) is 77.0 Å². The maximum Gasteiger partial charge on any atom is 0.160 e. The highest BCUT2D eigenvalue weighted by atomic mass is 15.1. The van der Waals surface area contributed by atoms with Gasteiger partial charge in [-0.2, -0.15) is 0 Å². The minimum atomic E-state index is 0.704. The zero-order valence-corrected chi connectivity index (χ0v) is 44.9. The lowest BCUT2D eigenvalue weighted by Crippen LogP contribution is -2.01. The second kappa shape index (κ2) is 18.5. The normalized spacial score (nSPS) is 13.7. The van der Waals surface area contributed by atoms with Crippen LogP contribution in [0.3, 0.4) is 0 Å². The number of allylic oxidation sites excluding steroid dienone is 8. The molecule has 0 unspecified atom stereocenters. The third-order valence-corrected chi connectivity index (χ3v) is 17.3. The van der Waals surface area contributed by atoms with Gasteiger partial charge in [-0.3, -0.25) is 0 Å². The Morgan fingerprint density at radius 1 is 0.293 bits per heavy atom. The first kappa shape index (κ1) is 46.4. The number of fused-ring (bicyclic) bond motifs is 14. The van der Waals surface area contributed by atoms with Crippen LogP contribution in [0.1, 0.15) is 31.4 Å². The van der Waals surface area contributed by atoms with E-state index in [1.54, 1.807) is 0 Å². The van der Waals surface area contributed by atoms with Gasteiger partial charge in [-0.25, -0.2) is 9.97 Å². The van der Waals surface area contributed by atoms with Crippen LogP contribution in [-0.2, 0) is 0 Å². The summed E-state index contributed by atoms with van der Waals surface area (Å²) < 4.78 is 10.0. The summed E-state index contributed by atoms with van der Waals surface area (Å²) in [5.74, 6) is 0.704. The number of para-hydroxylation sites is 4. The summed E-state index contributed by atoms with van der Waals surface area (Å²) in [6, 6.07) is 84.6. The molecule has 82 heavy (non-hydrogen) atoms. The van der Waals surface area contributed by atoms with Crippen molar-refractivity contribution in [1.29, 1.82) is 0 Å². The molecular formula is C76H52N6. The minimum Gasteiger partial charge on any atom is -0.311 e. The summed E-state index contributed by atoms with van der Waals surface area (Å²) in [6.07, 6.45) is 17.3. The number of benzene rings is 10. The Morgan fingerprint density at radius 3 is 1.33 bits per heavy atom. The predicted molar refractivity (Wildman–Crippen MR) is 343 cm³/mol. The van der Waals surface area contributed by atoms with E-state index in [0.29, 0.717) is 5.82 Å². The molecule has 0 atom stereocenters. The highest BCUT2D eigenvalue weighted by Crippen LogP contribution is 2.46. The van der Waals surface area contributed by atoms with Gasteiger partial charge in [-0.1, -0.05) is 182 Å². The van der Waals surface area contributed by atoms with E-state index >= 15 is 0 Å². The molecule has 15 aromatic rings. The van der Waals surface area contributed by atoms with Crippen molar-refractivity contribution in [2.75, 3.05) is 0 Å². The zero-order chi connectivity index (χ0) is 53.8. The smallest absolute Gasteiger partial charge is 0.160 e. The van der Waals surface area contributed by atoms with E-state index in [1.165, 1.54) is 87.5 Å². The monoisotopic (exact) mass is 1050 g/mol. The Balaban J connectivity index is 0.913. The fourth-order valence-corrected chi connectivity index (χ4v) is 13.6. The van der Waals surface area contributed by atoms with Crippen LogP contribution >= 0.6 is 0 Å². The largest absolute Gasteiger partial charge is 0.311 e. The van der Waals surface area contributed by atoms with Gasteiger partial charge in [0.1, 0.15) is 0 Å². The Kier molecular flexibility index (Phi) is 10.5. The summed E-state index contributed by atoms with van der Waals surface area (Å²) in [5, 5.41) is 9.77. The van der Waals surface area contributed by atoms with E-state index in [2.05, 4.69) is 285 Å². The predicted octanol–water partition coefficient (Wildman–Crippen LogP) is 19.8. The van der Waals surface area contributed by atoms with Crippen molar-refractivity contribution in [3.05, 3.63) is 273 Å². The summed E-state index contributed by atoms with van der Waals surface area (Å²) in [6.45, 7) is 0. The molecule has 0 spiro atoms. The van der Waals surface area contributed by atoms with Gasteiger partial charge in [-0.05, 0) is 127 Å². The quantitative estimate of drug-likeness (QED) is 0.152. The molecule has 0 radical (unpaired) electrons. The first-order valence-corrected chi connectivity index (χ1v) is 28.6. The summed E-state index contributed by atoms with van der Waals surface area (Å²) in [7, 11) is 0. The molecule has 0 bridgehead atoms. The third-order valence-electron chi connectivity index (χ3n) is 17.3. The second-order valence-corrected chi connectivity index (χ2v) is 21.9. The average molecular weight is 1050 g/mol. The van der Waals surface area contributed by atoms with Gasteiger partial charge in [0.05, 0.1) is 55.5 Å². The van der Waals surface area contributed by atoms with E-state index in [0.717, 1.165) is 87.4 Å². The first-order chi connectivity index (χ1) is 40.7. The van der Waals surface area contributed by atoms with Crippen molar-refractivity contribution in [3.8, 4) is 50.8 Å². The Morgan fingerprint density at radius 2 is 0.756 bits per heavy atom. The highest BCUT2D eigenvalue weighted by Gasteiger charge is 2.25. The molecule has 6 nitrogen and oxygen atoms in total. The van der Waals surface area contributed by atoms with E-state index in [-0.39, 0.29) is 0 Å². The van der Waals surface area contributed by atoms with Crippen LogP contribution in [0.25, 0.3) is 149 Å². The second-order valence-electron chi connectivity index (χ2n) is 21.9. The van der Waals surface area contributed by atoms with Crippen molar-refractivity contribution >= 4 is 98.5 Å². The van der Waals surface area contributed by atoms with Gasteiger partial charge in [0.25, 0.3) is 0 Å². The molecule has 0 amide bonds. The standard InChI is InChI=1S/C76H52N6/c1-6-21-49(22-7-1)66-48-67(50-23-8-2-9-24-50)78-76(77-66)53-25-20-32-57(45-53)82-71-44-38-52(47-65(71)63-42-40-61-59-34-17-19-36-69(59)80(73(61)75(63)82)55-28-12-4-13-29-55)51-37-43-70-64(46-51)62-41-39-60-58-33-16-18-35-68(58)79(54-26-10-3-11-27-54)72(60)74(62)81(70)56-30-14-5-15-31-56/h1-8,10-14,16-23,25-30,32-48H,9,15,24,31H2. The molecule has 5 heterocycles. The lowest BCUT2D eigenvalue weighted by molar-refractivity contribution is 0.979. The lowest BCUT2D eigenvalue weighted by Gasteiger charge is -2.16. The maximum absolute atomic E-state index is 5.35. The fourth-order valence-electron chi connectivity index (χ4n) is 13.6. The topological polar surface area (TPSA) is 45.5 Å². The third kappa shape index (κ3) is 7.14. The number of hydrogen-bond acceptors (Lipinski definition) is 2. The van der Waals surface area contributed by atoms with Crippen molar-refractivity contribution < 1.29 is 0 Å². The summed E-state index contributed by atoms with van der Waals surface area (Å²) >= 11 is 0. The molecular weight excluding hydrogens is 997 g/mol. The summed E-state index contributed by atoms with van der Waals surface area (Å²) in [5.41, 5.74) is 21.6.